The van der Waals surface area contributed by atoms with Crippen LogP contribution in [0.15, 0.2) is 65.8 Å². The minimum Gasteiger partial charge on any atom is -0.480 e. The summed E-state index contributed by atoms with van der Waals surface area (Å²) in [5, 5.41) is 8.41. The van der Waals surface area contributed by atoms with Crippen LogP contribution < -0.4 is 15.5 Å². The summed E-state index contributed by atoms with van der Waals surface area (Å²) in [6.07, 6.45) is 2.24. The van der Waals surface area contributed by atoms with Crippen molar-refractivity contribution in [2.45, 2.75) is 6.18 Å². The number of carbonyl (C=O) groups is 1. The molecule has 0 aliphatic rings. The Morgan fingerprint density at radius 2 is 1.94 bits per heavy atom. The molecule has 3 aromatic rings. The second kappa shape index (κ2) is 9.67. The highest BCUT2D eigenvalue weighted by Gasteiger charge is 2.30. The van der Waals surface area contributed by atoms with E-state index in [0.29, 0.717) is 11.3 Å². The van der Waals surface area contributed by atoms with Crippen molar-refractivity contribution in [1.29, 1.82) is 0 Å². The molecule has 31 heavy (non-hydrogen) atoms. The van der Waals surface area contributed by atoms with E-state index in [1.807, 2.05) is 30.3 Å². The lowest BCUT2D eigenvalue weighted by atomic mass is 10.0. The topological polar surface area (TPSA) is 62.7 Å². The van der Waals surface area contributed by atoms with E-state index in [1.165, 1.54) is 18.3 Å². The Balaban J connectivity index is 1.67. The molecule has 0 aliphatic heterocycles. The molecule has 0 unspecified atom stereocenters. The van der Waals surface area contributed by atoms with Gasteiger partial charge in [0, 0.05) is 11.3 Å². The fraction of sp³-hybridized carbons (Fsp3) is 0.130. The molecule has 158 valence electrons. The highest BCUT2D eigenvalue weighted by Crippen LogP contribution is 2.30. The number of rotatable bonds is 7. The normalized spacial score (nSPS) is 11.3. The molecule has 0 bridgehead atoms. The van der Waals surface area contributed by atoms with Crippen LogP contribution in [0.3, 0.4) is 0 Å². The van der Waals surface area contributed by atoms with E-state index >= 15 is 0 Å². The minimum atomic E-state index is -4.46. The van der Waals surface area contributed by atoms with Crippen molar-refractivity contribution in [1.82, 2.24) is 5.43 Å². The van der Waals surface area contributed by atoms with Crippen LogP contribution in [-0.4, -0.2) is 25.3 Å². The van der Waals surface area contributed by atoms with Gasteiger partial charge >= 0.3 is 6.18 Å². The van der Waals surface area contributed by atoms with Crippen LogP contribution in [0.4, 0.5) is 18.9 Å². The maximum absolute atomic E-state index is 12.8. The largest absolute Gasteiger partial charge is 0.480 e. The number of terminal acetylenes is 1. The zero-order valence-corrected chi connectivity index (χ0v) is 16.2. The molecular formula is C23H18F3N3O2. The smallest absolute Gasteiger partial charge is 0.416 e. The Hall–Kier alpha value is -3.99. The average Bonchev–Trinajstić information content (AvgIpc) is 2.76. The maximum atomic E-state index is 12.8. The lowest BCUT2D eigenvalue weighted by Crippen LogP contribution is -2.26. The van der Waals surface area contributed by atoms with Gasteiger partial charge in [-0.25, -0.2) is 5.43 Å². The Morgan fingerprint density at radius 3 is 2.71 bits per heavy atom. The molecule has 0 radical (unpaired) electrons. The van der Waals surface area contributed by atoms with Crippen LogP contribution in [0, 0.1) is 12.3 Å². The predicted octanol–water partition coefficient (Wildman–Crippen LogP) is 4.43. The minimum absolute atomic E-state index is 0.0758. The molecule has 3 aromatic carbocycles. The number of ether oxygens (including phenoxy) is 1. The molecule has 5 nitrogen and oxygen atoms in total. The molecule has 0 atom stereocenters. The monoisotopic (exact) mass is 425 g/mol. The lowest BCUT2D eigenvalue weighted by molar-refractivity contribution is -0.137. The van der Waals surface area contributed by atoms with E-state index in [0.717, 1.165) is 22.9 Å². The van der Waals surface area contributed by atoms with Gasteiger partial charge in [-0.1, -0.05) is 42.3 Å². The van der Waals surface area contributed by atoms with Gasteiger partial charge in [-0.3, -0.25) is 4.79 Å². The first-order chi connectivity index (χ1) is 14.9. The number of anilines is 1. The number of nitrogens with one attached hydrogen (secondary N) is 2. The first-order valence-corrected chi connectivity index (χ1v) is 9.19. The van der Waals surface area contributed by atoms with Crippen molar-refractivity contribution in [2.75, 3.05) is 18.5 Å². The number of nitrogens with zero attached hydrogens (tertiary/aromatic N) is 1. The van der Waals surface area contributed by atoms with Gasteiger partial charge in [0.1, 0.15) is 12.4 Å². The maximum Gasteiger partial charge on any atom is 0.416 e. The Morgan fingerprint density at radius 1 is 1.13 bits per heavy atom. The molecule has 0 saturated carbocycles. The number of fused-ring (bicyclic) bond motifs is 1. The highest BCUT2D eigenvalue weighted by atomic mass is 19.4. The third-order valence-electron chi connectivity index (χ3n) is 4.27. The van der Waals surface area contributed by atoms with Crippen LogP contribution in [0.2, 0.25) is 0 Å². The number of amides is 1. The third kappa shape index (κ3) is 5.76. The predicted molar refractivity (Wildman–Crippen MR) is 114 cm³/mol. The van der Waals surface area contributed by atoms with Crippen LogP contribution in [0.1, 0.15) is 11.1 Å². The summed E-state index contributed by atoms with van der Waals surface area (Å²) in [4.78, 5) is 12.0. The van der Waals surface area contributed by atoms with Crippen molar-refractivity contribution >= 4 is 28.6 Å². The molecular weight excluding hydrogens is 407 g/mol. The third-order valence-corrected chi connectivity index (χ3v) is 4.27. The van der Waals surface area contributed by atoms with Crippen LogP contribution in [-0.2, 0) is 11.0 Å². The Kier molecular flexibility index (Phi) is 6.78. The van der Waals surface area contributed by atoms with Gasteiger partial charge in [0.05, 0.1) is 18.3 Å². The average molecular weight is 425 g/mol. The summed E-state index contributed by atoms with van der Waals surface area (Å²) in [6, 6.07) is 15.8. The quantitative estimate of drug-likeness (QED) is 0.334. The first-order valence-electron chi connectivity index (χ1n) is 9.19. The standard InChI is InChI=1S/C23H18F3N3O2/c1-2-12-31-21-11-10-16-6-3-4-9-19(16)20(21)14-28-29-22(30)15-27-18-8-5-7-17(13-18)23(24,25)26/h1,3-11,13-14,27H,12,15H2,(H,29,30)/b28-14-. The van der Waals surface area contributed by atoms with Gasteiger partial charge in [-0.15, -0.1) is 6.42 Å². The molecule has 0 aromatic heterocycles. The number of carbonyl (C=O) groups excluding carboxylic acids is 1. The van der Waals surface area contributed by atoms with Crippen LogP contribution >= 0.6 is 0 Å². The van der Waals surface area contributed by atoms with Crippen molar-refractivity contribution in [2.24, 2.45) is 5.10 Å². The van der Waals surface area contributed by atoms with Gasteiger partial charge in [0.25, 0.3) is 5.91 Å². The molecule has 0 heterocycles. The summed E-state index contributed by atoms with van der Waals surface area (Å²) in [5.41, 5.74) is 2.36. The van der Waals surface area contributed by atoms with Crippen LogP contribution in [0.25, 0.3) is 10.8 Å². The fourth-order valence-corrected chi connectivity index (χ4v) is 2.85. The number of hydrogen-bond donors (Lipinski definition) is 2. The highest BCUT2D eigenvalue weighted by molar-refractivity contribution is 6.02. The van der Waals surface area contributed by atoms with E-state index < -0.39 is 17.6 Å². The molecule has 2 N–H and O–H groups in total. The van der Waals surface area contributed by atoms with Gasteiger partial charge in [-0.2, -0.15) is 18.3 Å². The lowest BCUT2D eigenvalue weighted by Gasteiger charge is -2.10. The zero-order chi connectivity index (χ0) is 22.3. The van der Waals surface area contributed by atoms with Crippen LogP contribution in [0.5, 0.6) is 5.75 Å². The van der Waals surface area contributed by atoms with Crippen molar-refractivity contribution in [3.8, 4) is 18.1 Å². The molecule has 0 spiro atoms. The van der Waals surface area contributed by atoms with Gasteiger partial charge in [-0.05, 0) is 35.0 Å². The second-order valence-corrected chi connectivity index (χ2v) is 6.42. The van der Waals surface area contributed by atoms with E-state index in [4.69, 9.17) is 11.2 Å². The molecule has 3 rings (SSSR count). The van der Waals surface area contributed by atoms with Gasteiger partial charge in [0.2, 0.25) is 0 Å². The summed E-state index contributed by atoms with van der Waals surface area (Å²) in [6.45, 7) is -0.179. The van der Waals surface area contributed by atoms with E-state index in [9.17, 15) is 18.0 Å². The van der Waals surface area contributed by atoms with E-state index in [2.05, 4.69) is 21.8 Å². The zero-order valence-electron chi connectivity index (χ0n) is 16.2. The van der Waals surface area contributed by atoms with Crippen molar-refractivity contribution in [3.63, 3.8) is 0 Å². The second-order valence-electron chi connectivity index (χ2n) is 6.42. The fourth-order valence-electron chi connectivity index (χ4n) is 2.85. The van der Waals surface area contributed by atoms with E-state index in [1.54, 1.807) is 6.07 Å². The number of benzene rings is 3. The van der Waals surface area contributed by atoms with Gasteiger partial charge < -0.3 is 10.1 Å². The molecule has 0 saturated heterocycles. The summed E-state index contributed by atoms with van der Waals surface area (Å²) >= 11 is 0. The molecule has 0 fully saturated rings. The summed E-state index contributed by atoms with van der Waals surface area (Å²) in [7, 11) is 0. The van der Waals surface area contributed by atoms with E-state index in [-0.39, 0.29) is 18.8 Å². The Labute approximate surface area is 176 Å². The summed E-state index contributed by atoms with van der Waals surface area (Å²) in [5.74, 6) is 2.38. The van der Waals surface area contributed by atoms with Crippen molar-refractivity contribution < 1.29 is 22.7 Å². The molecule has 1 amide bonds. The Bertz CT molecular complexity index is 1150. The number of alkyl halides is 3. The first kappa shape index (κ1) is 21.7. The SMILES string of the molecule is C#CCOc1ccc2ccccc2c1/C=N\NC(=O)CNc1cccc(C(F)(F)F)c1. The molecule has 8 heteroatoms. The van der Waals surface area contributed by atoms with Crippen molar-refractivity contribution in [3.05, 3.63) is 71.8 Å². The summed E-state index contributed by atoms with van der Waals surface area (Å²) < 4.78 is 43.9. The van der Waals surface area contributed by atoms with Gasteiger partial charge in [0.15, 0.2) is 0 Å². The number of hydrazone groups is 1. The molecule has 0 aliphatic carbocycles. The number of halogens is 3. The number of hydrogen-bond acceptors (Lipinski definition) is 4.